The molecule has 0 spiro atoms. The molecule has 112 valence electrons. The number of anilines is 1. The third-order valence-corrected chi connectivity index (χ3v) is 3.36. The molecule has 0 aliphatic carbocycles. The second-order valence-corrected chi connectivity index (χ2v) is 5.46. The molecule has 0 fully saturated rings. The van der Waals surface area contributed by atoms with Gasteiger partial charge in [-0.3, -0.25) is 0 Å². The quantitative estimate of drug-likeness (QED) is 0.571. The predicted octanol–water partition coefficient (Wildman–Crippen LogP) is 2.97. The van der Waals surface area contributed by atoms with Crippen LogP contribution in [0.25, 0.3) is 0 Å². The average Bonchev–Trinajstić information content (AvgIpc) is 2.37. The fraction of sp³-hybridized carbons (Fsp3) is 0.571. The smallest absolute Gasteiger partial charge is 0.335 e. The lowest BCUT2D eigenvalue weighted by Gasteiger charge is -2.20. The Hall–Kier alpha value is -1.33. The second-order valence-electron chi connectivity index (χ2n) is 5.08. The van der Waals surface area contributed by atoms with Crippen LogP contribution in [-0.2, 0) is 0 Å². The number of hydrogen-bond acceptors (Lipinski definition) is 4. The van der Waals surface area contributed by atoms with Gasteiger partial charge < -0.3 is 15.3 Å². The van der Waals surface area contributed by atoms with E-state index in [1.807, 2.05) is 0 Å². The summed E-state index contributed by atoms with van der Waals surface area (Å²) < 4.78 is 0. The molecule has 5 nitrogen and oxygen atoms in total. The van der Waals surface area contributed by atoms with E-state index in [4.69, 9.17) is 16.7 Å². The summed E-state index contributed by atoms with van der Waals surface area (Å²) >= 11 is 5.79. The Bertz CT molecular complexity index is 452. The minimum Gasteiger partial charge on any atom is -0.478 e. The van der Waals surface area contributed by atoms with Crippen molar-refractivity contribution in [3.63, 3.8) is 0 Å². The molecule has 0 amide bonds. The Morgan fingerprint density at radius 1 is 1.45 bits per heavy atom. The van der Waals surface area contributed by atoms with Crippen LogP contribution in [0.2, 0.25) is 5.15 Å². The van der Waals surface area contributed by atoms with Gasteiger partial charge in [0.1, 0.15) is 11.0 Å². The van der Waals surface area contributed by atoms with E-state index in [0.717, 1.165) is 25.9 Å². The SMILES string of the molecule is CC(C)N(C)CCCCNc1cc(C(=O)O)cc(Cl)n1. The van der Waals surface area contributed by atoms with Crippen molar-refractivity contribution < 1.29 is 9.90 Å². The molecule has 0 saturated carbocycles. The molecule has 1 aromatic rings. The minimum atomic E-state index is -1.00. The fourth-order valence-corrected chi connectivity index (χ4v) is 1.88. The monoisotopic (exact) mass is 299 g/mol. The largest absolute Gasteiger partial charge is 0.478 e. The number of carbonyl (C=O) groups is 1. The molecule has 1 rings (SSSR count). The van der Waals surface area contributed by atoms with Crippen LogP contribution in [0.3, 0.4) is 0 Å². The summed E-state index contributed by atoms with van der Waals surface area (Å²) in [6, 6.07) is 3.39. The van der Waals surface area contributed by atoms with E-state index >= 15 is 0 Å². The van der Waals surface area contributed by atoms with E-state index in [0.29, 0.717) is 11.9 Å². The minimum absolute atomic E-state index is 0.145. The van der Waals surface area contributed by atoms with E-state index in [1.165, 1.54) is 12.1 Å². The molecule has 1 aromatic heterocycles. The van der Waals surface area contributed by atoms with Gasteiger partial charge in [-0.15, -0.1) is 0 Å². The molecule has 0 atom stereocenters. The molecule has 0 aromatic carbocycles. The maximum absolute atomic E-state index is 10.9. The molecule has 0 unspecified atom stereocenters. The van der Waals surface area contributed by atoms with Gasteiger partial charge in [-0.05, 0) is 52.4 Å². The number of aromatic carboxylic acids is 1. The van der Waals surface area contributed by atoms with Crippen molar-refractivity contribution in [2.45, 2.75) is 32.7 Å². The Morgan fingerprint density at radius 3 is 2.75 bits per heavy atom. The van der Waals surface area contributed by atoms with Crippen LogP contribution in [0.1, 0.15) is 37.0 Å². The molecule has 20 heavy (non-hydrogen) atoms. The highest BCUT2D eigenvalue weighted by atomic mass is 35.5. The van der Waals surface area contributed by atoms with Gasteiger partial charge in [0.2, 0.25) is 0 Å². The molecule has 1 heterocycles. The summed E-state index contributed by atoms with van der Waals surface area (Å²) in [5, 5.41) is 12.2. The van der Waals surface area contributed by atoms with E-state index in [2.05, 4.69) is 36.1 Å². The van der Waals surface area contributed by atoms with Crippen LogP contribution < -0.4 is 5.32 Å². The number of carboxylic acids is 1. The summed E-state index contributed by atoms with van der Waals surface area (Å²) in [6.07, 6.45) is 2.07. The molecule has 0 aliphatic heterocycles. The fourth-order valence-electron chi connectivity index (χ4n) is 1.67. The number of halogens is 1. The Balaban J connectivity index is 2.37. The van der Waals surface area contributed by atoms with E-state index in [1.54, 1.807) is 0 Å². The van der Waals surface area contributed by atoms with Crippen LogP contribution >= 0.6 is 11.6 Å². The van der Waals surface area contributed by atoms with Crippen LogP contribution in [0.4, 0.5) is 5.82 Å². The standard InChI is InChI=1S/C14H22ClN3O2/c1-10(2)18(3)7-5-4-6-16-13-9-11(14(19)20)8-12(15)17-13/h8-10H,4-7H2,1-3H3,(H,16,17)(H,19,20). The first-order chi connectivity index (χ1) is 9.40. The highest BCUT2D eigenvalue weighted by Gasteiger charge is 2.07. The Morgan fingerprint density at radius 2 is 2.15 bits per heavy atom. The summed E-state index contributed by atoms with van der Waals surface area (Å²) in [5.74, 6) is -0.497. The van der Waals surface area contributed by atoms with Crippen molar-refractivity contribution in [2.24, 2.45) is 0 Å². The van der Waals surface area contributed by atoms with Gasteiger partial charge in [0.25, 0.3) is 0 Å². The zero-order valence-corrected chi connectivity index (χ0v) is 12.9. The number of aromatic nitrogens is 1. The number of unbranched alkanes of at least 4 members (excludes halogenated alkanes) is 1. The maximum atomic E-state index is 10.9. The molecular formula is C14H22ClN3O2. The Labute approximate surface area is 125 Å². The third kappa shape index (κ3) is 5.75. The number of pyridine rings is 1. The zero-order chi connectivity index (χ0) is 15.1. The number of hydrogen-bond donors (Lipinski definition) is 2. The molecule has 0 saturated heterocycles. The molecule has 0 radical (unpaired) electrons. The molecular weight excluding hydrogens is 278 g/mol. The van der Waals surface area contributed by atoms with Crippen molar-refractivity contribution in [2.75, 3.05) is 25.5 Å². The van der Waals surface area contributed by atoms with Gasteiger partial charge >= 0.3 is 5.97 Å². The summed E-state index contributed by atoms with van der Waals surface area (Å²) in [7, 11) is 2.11. The number of rotatable bonds is 8. The second kappa shape index (κ2) is 8.07. The van der Waals surface area contributed by atoms with Gasteiger partial charge in [-0.2, -0.15) is 0 Å². The first-order valence-electron chi connectivity index (χ1n) is 6.75. The molecule has 0 bridgehead atoms. The average molecular weight is 300 g/mol. The maximum Gasteiger partial charge on any atom is 0.335 e. The summed E-state index contributed by atoms with van der Waals surface area (Å²) in [5.41, 5.74) is 0.145. The first-order valence-corrected chi connectivity index (χ1v) is 7.13. The van der Waals surface area contributed by atoms with Crippen LogP contribution in [0.15, 0.2) is 12.1 Å². The van der Waals surface area contributed by atoms with Crippen LogP contribution in [0, 0.1) is 0 Å². The zero-order valence-electron chi connectivity index (χ0n) is 12.2. The van der Waals surface area contributed by atoms with Crippen molar-refractivity contribution in [1.82, 2.24) is 9.88 Å². The van der Waals surface area contributed by atoms with E-state index < -0.39 is 5.97 Å². The van der Waals surface area contributed by atoms with Gasteiger partial charge in [0, 0.05) is 12.6 Å². The lowest BCUT2D eigenvalue weighted by atomic mass is 10.2. The molecule has 0 aliphatic rings. The van der Waals surface area contributed by atoms with Crippen LogP contribution in [0.5, 0.6) is 0 Å². The van der Waals surface area contributed by atoms with E-state index in [-0.39, 0.29) is 10.7 Å². The van der Waals surface area contributed by atoms with Gasteiger partial charge in [-0.25, -0.2) is 9.78 Å². The molecule has 2 N–H and O–H groups in total. The summed E-state index contributed by atoms with van der Waals surface area (Å²) in [6.45, 7) is 6.13. The number of nitrogens with zero attached hydrogens (tertiary/aromatic N) is 2. The predicted molar refractivity (Wildman–Crippen MR) is 81.7 cm³/mol. The van der Waals surface area contributed by atoms with Crippen molar-refractivity contribution in [3.05, 3.63) is 22.8 Å². The first kappa shape index (κ1) is 16.7. The van der Waals surface area contributed by atoms with E-state index in [9.17, 15) is 4.79 Å². The van der Waals surface area contributed by atoms with Crippen molar-refractivity contribution >= 4 is 23.4 Å². The van der Waals surface area contributed by atoms with Gasteiger partial charge in [-0.1, -0.05) is 11.6 Å². The van der Waals surface area contributed by atoms with Crippen LogP contribution in [-0.4, -0.2) is 47.1 Å². The van der Waals surface area contributed by atoms with Gasteiger partial charge in [0.05, 0.1) is 5.56 Å². The molecule has 6 heteroatoms. The third-order valence-electron chi connectivity index (χ3n) is 3.17. The highest BCUT2D eigenvalue weighted by molar-refractivity contribution is 6.29. The lowest BCUT2D eigenvalue weighted by molar-refractivity contribution is 0.0697. The van der Waals surface area contributed by atoms with Gasteiger partial charge in [0.15, 0.2) is 0 Å². The number of nitrogens with one attached hydrogen (secondary N) is 1. The summed E-state index contributed by atoms with van der Waals surface area (Å²) in [4.78, 5) is 17.3. The van der Waals surface area contributed by atoms with Crippen molar-refractivity contribution in [1.29, 1.82) is 0 Å². The van der Waals surface area contributed by atoms with Crippen molar-refractivity contribution in [3.8, 4) is 0 Å². The Kier molecular flexibility index (Phi) is 6.75. The topological polar surface area (TPSA) is 65.5 Å². The lowest BCUT2D eigenvalue weighted by Crippen LogP contribution is -2.27. The number of carboxylic acid groups (broad SMARTS) is 1. The normalized spacial score (nSPS) is 11.1. The highest BCUT2D eigenvalue weighted by Crippen LogP contribution is 2.14.